The number of nitrogens with one attached hydrogen (secondary N) is 2. The van der Waals surface area contributed by atoms with Crippen LogP contribution in [-0.4, -0.2) is 147 Å². The Labute approximate surface area is 335 Å². The summed E-state index contributed by atoms with van der Waals surface area (Å²) >= 11 is 0. The number of nitrogens with zero attached hydrogens (tertiary/aromatic N) is 4. The summed E-state index contributed by atoms with van der Waals surface area (Å²) in [4.78, 5) is 50.6. The molecule has 0 bridgehead atoms. The standard InChI is InChI=1S/2C17H26F3N3O2.C4H4O4/c2*1-13(2)23(16(24)21-8-9-22(3)4)10-11-25-15-7-5-6-14(12-15)17(18,19)20;5-3(6)1-2-4(7)8/h2*5-7,12-13H,8-11H2,1-4H3,(H,21,24);1-2H,(H,5,6)(H,7,8)/b;;2-1+. The number of hydrogen-bond acceptors (Lipinski definition) is 8. The second-order valence-electron chi connectivity index (χ2n) is 13.4. The van der Waals surface area contributed by atoms with Crippen LogP contribution in [-0.2, 0) is 21.9 Å². The van der Waals surface area contributed by atoms with E-state index < -0.39 is 35.4 Å². The van der Waals surface area contributed by atoms with E-state index in [2.05, 4.69) is 10.6 Å². The van der Waals surface area contributed by atoms with Gasteiger partial charge in [-0.05, 0) is 92.3 Å². The molecule has 58 heavy (non-hydrogen) atoms. The van der Waals surface area contributed by atoms with Gasteiger partial charge in [-0.25, -0.2) is 19.2 Å². The molecule has 0 aromatic heterocycles. The van der Waals surface area contributed by atoms with Gasteiger partial charge in [-0.3, -0.25) is 0 Å². The quantitative estimate of drug-likeness (QED) is 0.106. The molecule has 0 aliphatic heterocycles. The molecule has 14 nitrogen and oxygen atoms in total. The Kier molecular flexibility index (Phi) is 24.2. The number of carbonyl (C=O) groups excluding carboxylic acids is 2. The topological polar surface area (TPSA) is 164 Å². The fourth-order valence-electron chi connectivity index (χ4n) is 4.36. The van der Waals surface area contributed by atoms with Gasteiger partial charge in [0.15, 0.2) is 0 Å². The predicted molar refractivity (Wildman–Crippen MR) is 206 cm³/mol. The molecule has 0 heterocycles. The summed E-state index contributed by atoms with van der Waals surface area (Å²) in [6.07, 6.45) is -7.70. The second kappa shape index (κ2) is 26.6. The van der Waals surface area contributed by atoms with Gasteiger partial charge in [0, 0.05) is 50.4 Å². The van der Waals surface area contributed by atoms with Crippen LogP contribution in [0.2, 0.25) is 0 Å². The third-order valence-corrected chi connectivity index (χ3v) is 7.33. The number of carbonyl (C=O) groups is 4. The fraction of sp³-hybridized carbons (Fsp3) is 0.526. The molecule has 328 valence electrons. The molecule has 0 radical (unpaired) electrons. The first-order chi connectivity index (χ1) is 26.8. The summed E-state index contributed by atoms with van der Waals surface area (Å²) in [6.45, 7) is 10.7. The van der Waals surface area contributed by atoms with Gasteiger partial charge < -0.3 is 49.9 Å². The molecule has 0 fully saturated rings. The maximum Gasteiger partial charge on any atom is 0.416 e. The van der Waals surface area contributed by atoms with Crippen LogP contribution in [0.4, 0.5) is 35.9 Å². The highest BCUT2D eigenvalue weighted by Gasteiger charge is 2.31. The molecule has 0 aliphatic carbocycles. The molecule has 0 atom stereocenters. The van der Waals surface area contributed by atoms with Crippen LogP contribution < -0.4 is 20.1 Å². The van der Waals surface area contributed by atoms with Crippen LogP contribution in [0.1, 0.15) is 38.8 Å². The normalized spacial score (nSPS) is 11.4. The number of hydrogen-bond donors (Lipinski definition) is 4. The molecule has 0 saturated carbocycles. The number of rotatable bonds is 18. The SMILES string of the molecule is CC(C)N(CCOc1cccc(C(F)(F)F)c1)C(=O)NCCN(C)C.CC(C)N(CCOc1cccc(C(F)(F)F)c1)C(=O)NCCN(C)C.O=C(O)/C=C/C(=O)O. The molecule has 2 aromatic carbocycles. The Morgan fingerprint density at radius 2 is 0.948 bits per heavy atom. The van der Waals surface area contributed by atoms with Gasteiger partial charge >= 0.3 is 36.4 Å². The fourth-order valence-corrected chi connectivity index (χ4v) is 4.36. The van der Waals surface area contributed by atoms with Crippen LogP contribution in [0.3, 0.4) is 0 Å². The average Bonchev–Trinajstić information content (AvgIpc) is 3.10. The van der Waals surface area contributed by atoms with Crippen molar-refractivity contribution in [3.63, 3.8) is 0 Å². The first-order valence-electron chi connectivity index (χ1n) is 18.0. The van der Waals surface area contributed by atoms with Gasteiger partial charge in [0.05, 0.1) is 24.2 Å². The van der Waals surface area contributed by atoms with Gasteiger partial charge in [0.25, 0.3) is 0 Å². The number of halogens is 6. The van der Waals surface area contributed by atoms with Gasteiger partial charge in [0.1, 0.15) is 24.7 Å². The zero-order valence-electron chi connectivity index (χ0n) is 34.0. The van der Waals surface area contributed by atoms with Gasteiger partial charge in [-0.15, -0.1) is 0 Å². The van der Waals surface area contributed by atoms with Crippen molar-refractivity contribution in [1.82, 2.24) is 30.2 Å². The lowest BCUT2D eigenvalue weighted by Crippen LogP contribution is -2.47. The minimum atomic E-state index is -4.41. The second-order valence-corrected chi connectivity index (χ2v) is 13.4. The monoisotopic (exact) mass is 838 g/mol. The largest absolute Gasteiger partial charge is 0.492 e. The molecular formula is C38H56F6N6O8. The van der Waals surface area contributed by atoms with Crippen molar-refractivity contribution >= 4 is 24.0 Å². The smallest absolute Gasteiger partial charge is 0.416 e. The number of aliphatic carboxylic acids is 2. The summed E-state index contributed by atoms with van der Waals surface area (Å²) in [5.41, 5.74) is -1.51. The van der Waals surface area contributed by atoms with Crippen LogP contribution >= 0.6 is 0 Å². The van der Waals surface area contributed by atoms with E-state index >= 15 is 0 Å². The Bertz CT molecular complexity index is 1460. The van der Waals surface area contributed by atoms with E-state index in [1.165, 1.54) is 24.3 Å². The van der Waals surface area contributed by atoms with E-state index in [4.69, 9.17) is 19.7 Å². The summed E-state index contributed by atoms with van der Waals surface area (Å²) in [5.74, 6) is -2.25. The predicted octanol–water partition coefficient (Wildman–Crippen LogP) is 5.84. The number of ether oxygens (including phenoxy) is 2. The summed E-state index contributed by atoms with van der Waals surface area (Å²) in [6, 6.07) is 8.88. The zero-order valence-corrected chi connectivity index (χ0v) is 34.0. The van der Waals surface area contributed by atoms with E-state index in [0.717, 1.165) is 37.4 Å². The highest BCUT2D eigenvalue weighted by molar-refractivity contribution is 5.89. The average molecular weight is 839 g/mol. The van der Waals surface area contributed by atoms with Crippen LogP contribution in [0, 0.1) is 0 Å². The first kappa shape index (κ1) is 52.8. The van der Waals surface area contributed by atoms with E-state index in [0.29, 0.717) is 25.2 Å². The Balaban J connectivity index is 0.000000943. The Hall–Kier alpha value is -5.24. The number of likely N-dealkylation sites (N-methyl/N-ethyl adjacent to an activating group) is 2. The third kappa shape index (κ3) is 24.4. The van der Waals surface area contributed by atoms with Crippen molar-refractivity contribution in [2.75, 3.05) is 80.7 Å². The van der Waals surface area contributed by atoms with E-state index in [1.54, 1.807) is 9.80 Å². The number of alkyl halides is 6. The molecule has 2 aromatic rings. The number of amides is 4. The van der Waals surface area contributed by atoms with E-state index in [-0.39, 0.29) is 61.9 Å². The lowest BCUT2D eigenvalue weighted by atomic mass is 10.2. The van der Waals surface area contributed by atoms with Gasteiger partial charge in [-0.1, -0.05) is 12.1 Å². The highest BCUT2D eigenvalue weighted by atomic mass is 19.4. The Morgan fingerprint density at radius 1 is 0.621 bits per heavy atom. The van der Waals surface area contributed by atoms with E-state index in [1.807, 2.05) is 65.7 Å². The zero-order chi connectivity index (χ0) is 44.6. The molecule has 20 heteroatoms. The lowest BCUT2D eigenvalue weighted by molar-refractivity contribution is -0.138. The van der Waals surface area contributed by atoms with Gasteiger partial charge in [0.2, 0.25) is 0 Å². The van der Waals surface area contributed by atoms with Crippen molar-refractivity contribution < 1.29 is 65.2 Å². The van der Waals surface area contributed by atoms with Crippen molar-refractivity contribution in [1.29, 1.82) is 0 Å². The molecule has 0 spiro atoms. The minimum absolute atomic E-state index is 0.0514. The maximum atomic E-state index is 12.7. The maximum absolute atomic E-state index is 12.7. The summed E-state index contributed by atoms with van der Waals surface area (Å²) < 4.78 is 86.9. The molecule has 2 rings (SSSR count). The lowest BCUT2D eigenvalue weighted by Gasteiger charge is -2.27. The van der Waals surface area contributed by atoms with E-state index in [9.17, 15) is 45.5 Å². The van der Waals surface area contributed by atoms with Crippen molar-refractivity contribution in [3.8, 4) is 11.5 Å². The van der Waals surface area contributed by atoms with Crippen LogP contribution in [0.5, 0.6) is 11.5 Å². The summed E-state index contributed by atoms with van der Waals surface area (Å²) in [7, 11) is 7.65. The van der Waals surface area contributed by atoms with Crippen molar-refractivity contribution in [2.45, 2.75) is 52.1 Å². The van der Waals surface area contributed by atoms with Gasteiger partial charge in [-0.2, -0.15) is 26.3 Å². The van der Waals surface area contributed by atoms with Crippen molar-refractivity contribution in [3.05, 3.63) is 71.8 Å². The number of benzene rings is 2. The van der Waals surface area contributed by atoms with Crippen LogP contribution in [0.25, 0.3) is 0 Å². The molecule has 0 aliphatic rings. The molecule has 0 unspecified atom stereocenters. The molecule has 0 saturated heterocycles. The number of carboxylic acid groups (broad SMARTS) is 2. The highest BCUT2D eigenvalue weighted by Crippen LogP contribution is 2.32. The molecule has 4 amide bonds. The Morgan fingerprint density at radius 3 is 1.21 bits per heavy atom. The number of carboxylic acids is 2. The number of urea groups is 2. The summed E-state index contributed by atoms with van der Waals surface area (Å²) in [5, 5.41) is 21.3. The molecule has 4 N–H and O–H groups in total. The minimum Gasteiger partial charge on any atom is -0.492 e. The first-order valence-corrected chi connectivity index (χ1v) is 18.0. The third-order valence-electron chi connectivity index (χ3n) is 7.33. The van der Waals surface area contributed by atoms with Crippen LogP contribution in [0.15, 0.2) is 60.7 Å². The van der Waals surface area contributed by atoms with Crippen molar-refractivity contribution in [2.24, 2.45) is 0 Å². The molecular weight excluding hydrogens is 782 g/mol.